The van der Waals surface area contributed by atoms with Crippen molar-refractivity contribution in [2.45, 2.75) is 60.2 Å². The van der Waals surface area contributed by atoms with E-state index >= 15 is 0 Å². The highest BCUT2D eigenvalue weighted by atomic mass is 32.2. The van der Waals surface area contributed by atoms with Gasteiger partial charge in [-0.25, -0.2) is 0 Å². The normalized spacial score (nSPS) is 17.3. The van der Waals surface area contributed by atoms with E-state index in [0.717, 1.165) is 21.4 Å². The number of phenolic OH excluding ortho intramolecular Hbond substituents is 1. The Kier molecular flexibility index (Phi) is 5.64. The molecule has 0 atom stereocenters. The van der Waals surface area contributed by atoms with Crippen molar-refractivity contribution in [1.82, 2.24) is 0 Å². The lowest BCUT2D eigenvalue weighted by atomic mass is 9.69. The van der Waals surface area contributed by atoms with E-state index in [1.54, 1.807) is 18.9 Å². The van der Waals surface area contributed by atoms with Crippen LogP contribution in [-0.2, 0) is 5.41 Å². The zero-order valence-corrected chi connectivity index (χ0v) is 20.2. The summed E-state index contributed by atoms with van der Waals surface area (Å²) in [7, 11) is 1.70. The molecule has 0 radical (unpaired) electrons. The fourth-order valence-electron chi connectivity index (χ4n) is 5.85. The van der Waals surface area contributed by atoms with Crippen molar-refractivity contribution < 1.29 is 9.84 Å². The Bertz CT molecular complexity index is 1140. The van der Waals surface area contributed by atoms with Crippen molar-refractivity contribution in [2.75, 3.05) is 19.6 Å². The number of phenols is 1. The number of aromatic hydroxyl groups is 1. The lowest BCUT2D eigenvalue weighted by Gasteiger charge is -2.34. The zero-order valence-electron chi connectivity index (χ0n) is 18.6. The average Bonchev–Trinajstić information content (AvgIpc) is 3.04. The molecule has 5 rings (SSSR count). The van der Waals surface area contributed by atoms with Crippen LogP contribution in [0.5, 0.6) is 11.5 Å². The van der Waals surface area contributed by atoms with Gasteiger partial charge in [-0.2, -0.15) is 0 Å². The van der Waals surface area contributed by atoms with Gasteiger partial charge in [0.15, 0.2) is 0 Å². The van der Waals surface area contributed by atoms with Crippen molar-refractivity contribution in [3.05, 3.63) is 47.5 Å². The van der Waals surface area contributed by atoms with E-state index in [0.29, 0.717) is 5.75 Å². The highest BCUT2D eigenvalue weighted by molar-refractivity contribution is 7.98. The first-order valence-electron chi connectivity index (χ1n) is 11.2. The Labute approximate surface area is 193 Å². The second-order valence-electron chi connectivity index (χ2n) is 8.83. The number of benzene rings is 3. The SMILES string of the molecule is COc1cc2c(O)cc3c(c2cc1SC)-c1ccc(SC)cc1C31CCCCCCC1. The van der Waals surface area contributed by atoms with Gasteiger partial charge in [0.25, 0.3) is 0 Å². The van der Waals surface area contributed by atoms with Crippen molar-refractivity contribution in [3.63, 3.8) is 0 Å². The molecule has 0 heterocycles. The molecule has 1 fully saturated rings. The van der Waals surface area contributed by atoms with Gasteiger partial charge in [-0.05, 0) is 83.3 Å². The van der Waals surface area contributed by atoms with Gasteiger partial charge in [-0.1, -0.05) is 38.2 Å². The fraction of sp³-hybridized carbons (Fsp3) is 0.407. The molecular weight excluding hydrogens is 420 g/mol. The molecule has 0 aromatic heterocycles. The lowest BCUT2D eigenvalue weighted by Crippen LogP contribution is -2.26. The first-order valence-corrected chi connectivity index (χ1v) is 13.7. The number of methoxy groups -OCH3 is 1. The molecule has 2 aliphatic carbocycles. The maximum Gasteiger partial charge on any atom is 0.133 e. The molecule has 2 aliphatic rings. The lowest BCUT2D eigenvalue weighted by molar-refractivity contribution is 0.371. The summed E-state index contributed by atoms with van der Waals surface area (Å²) in [6.45, 7) is 0. The van der Waals surface area contributed by atoms with Crippen LogP contribution in [0.4, 0.5) is 0 Å². The number of rotatable bonds is 3. The van der Waals surface area contributed by atoms with Crippen molar-refractivity contribution in [2.24, 2.45) is 0 Å². The van der Waals surface area contributed by atoms with E-state index in [1.807, 2.05) is 17.8 Å². The van der Waals surface area contributed by atoms with Crippen LogP contribution in [-0.4, -0.2) is 24.7 Å². The van der Waals surface area contributed by atoms with Crippen LogP contribution in [0.25, 0.3) is 21.9 Å². The highest BCUT2D eigenvalue weighted by Gasteiger charge is 2.44. The van der Waals surface area contributed by atoms with Gasteiger partial charge >= 0.3 is 0 Å². The largest absolute Gasteiger partial charge is 0.507 e. The minimum Gasteiger partial charge on any atom is -0.507 e. The molecular formula is C27H30O2S2. The molecule has 1 spiro atoms. The number of fused-ring (bicyclic) bond motifs is 7. The van der Waals surface area contributed by atoms with Gasteiger partial charge in [0.05, 0.1) is 7.11 Å². The Morgan fingerprint density at radius 3 is 2.26 bits per heavy atom. The summed E-state index contributed by atoms with van der Waals surface area (Å²) < 4.78 is 5.62. The average molecular weight is 451 g/mol. The molecule has 4 heteroatoms. The molecule has 1 saturated carbocycles. The minimum absolute atomic E-state index is 0.0158. The Morgan fingerprint density at radius 2 is 1.58 bits per heavy atom. The topological polar surface area (TPSA) is 29.5 Å². The van der Waals surface area contributed by atoms with E-state index in [2.05, 4.69) is 42.8 Å². The third-order valence-electron chi connectivity index (χ3n) is 7.35. The monoisotopic (exact) mass is 450 g/mol. The summed E-state index contributed by atoms with van der Waals surface area (Å²) in [4.78, 5) is 2.44. The number of hydrogen-bond donors (Lipinski definition) is 1. The standard InChI is InChI=1S/C27H30O2S2/c1-29-24-14-19-20(15-25(24)31-3)26-18-10-9-17(30-2)13-21(18)27(22(26)16-23(19)28)11-7-5-4-6-8-12-27/h9-10,13-16,28H,4-8,11-12H2,1-3H3. The molecule has 0 aliphatic heterocycles. The first-order chi connectivity index (χ1) is 15.1. The third-order valence-corrected chi connectivity index (χ3v) is 8.84. The van der Waals surface area contributed by atoms with Crippen molar-refractivity contribution >= 4 is 34.3 Å². The van der Waals surface area contributed by atoms with Gasteiger partial charge in [-0.15, -0.1) is 23.5 Å². The summed E-state index contributed by atoms with van der Waals surface area (Å²) in [5.41, 5.74) is 5.51. The molecule has 162 valence electrons. The van der Waals surface area contributed by atoms with Gasteiger partial charge in [-0.3, -0.25) is 0 Å². The fourth-order valence-corrected chi connectivity index (χ4v) is 6.87. The van der Waals surface area contributed by atoms with Crippen LogP contribution in [0, 0.1) is 0 Å². The van der Waals surface area contributed by atoms with E-state index in [9.17, 15) is 5.11 Å². The first kappa shape index (κ1) is 21.1. The van der Waals surface area contributed by atoms with E-state index in [4.69, 9.17) is 4.74 Å². The van der Waals surface area contributed by atoms with Crippen LogP contribution in [0.1, 0.15) is 56.1 Å². The van der Waals surface area contributed by atoms with Crippen molar-refractivity contribution in [3.8, 4) is 22.6 Å². The third kappa shape index (κ3) is 3.25. The van der Waals surface area contributed by atoms with Gasteiger partial charge < -0.3 is 9.84 Å². The smallest absolute Gasteiger partial charge is 0.133 e. The number of hydrogen-bond acceptors (Lipinski definition) is 4. The highest BCUT2D eigenvalue weighted by Crippen LogP contribution is 2.58. The minimum atomic E-state index is 0.0158. The van der Waals surface area contributed by atoms with Crippen LogP contribution in [0.3, 0.4) is 0 Å². The Morgan fingerprint density at radius 1 is 0.839 bits per heavy atom. The predicted molar refractivity (Wildman–Crippen MR) is 134 cm³/mol. The Hall–Kier alpha value is -1.78. The molecule has 2 nitrogen and oxygen atoms in total. The summed E-state index contributed by atoms with van der Waals surface area (Å²) in [5, 5.41) is 13.2. The van der Waals surface area contributed by atoms with Gasteiger partial charge in [0.2, 0.25) is 0 Å². The molecule has 1 N–H and O–H groups in total. The summed E-state index contributed by atoms with van der Waals surface area (Å²) in [5.74, 6) is 1.20. The van der Waals surface area contributed by atoms with Crippen molar-refractivity contribution in [1.29, 1.82) is 0 Å². The molecule has 3 aromatic rings. The molecule has 0 saturated heterocycles. The van der Waals surface area contributed by atoms with Crippen LogP contribution in [0.2, 0.25) is 0 Å². The quantitative estimate of drug-likeness (QED) is 0.409. The predicted octanol–water partition coefficient (Wildman–Crippen LogP) is 8.01. The molecule has 0 unspecified atom stereocenters. The second-order valence-corrected chi connectivity index (χ2v) is 10.6. The van der Waals surface area contributed by atoms with E-state index < -0.39 is 0 Å². The van der Waals surface area contributed by atoms with E-state index in [-0.39, 0.29) is 5.41 Å². The summed E-state index contributed by atoms with van der Waals surface area (Å²) >= 11 is 3.52. The molecule has 31 heavy (non-hydrogen) atoms. The summed E-state index contributed by atoms with van der Waals surface area (Å²) in [6, 6.07) is 13.3. The molecule has 0 bridgehead atoms. The molecule has 0 amide bonds. The van der Waals surface area contributed by atoms with Gasteiger partial charge in [0, 0.05) is 20.6 Å². The zero-order chi connectivity index (χ0) is 21.6. The number of ether oxygens (including phenoxy) is 1. The van der Waals surface area contributed by atoms with Crippen LogP contribution in [0.15, 0.2) is 46.2 Å². The number of thioether (sulfide) groups is 2. The maximum absolute atomic E-state index is 11.2. The van der Waals surface area contributed by atoms with Gasteiger partial charge in [0.1, 0.15) is 11.5 Å². The maximum atomic E-state index is 11.2. The van der Waals surface area contributed by atoms with Crippen LogP contribution >= 0.6 is 23.5 Å². The van der Waals surface area contributed by atoms with Crippen LogP contribution < -0.4 is 4.74 Å². The molecule has 3 aromatic carbocycles. The second kappa shape index (κ2) is 8.29. The summed E-state index contributed by atoms with van der Waals surface area (Å²) in [6.07, 6.45) is 13.0. The Balaban J connectivity index is 1.86. The van der Waals surface area contributed by atoms with E-state index in [1.165, 1.54) is 72.1 Å².